The van der Waals surface area contributed by atoms with Crippen molar-refractivity contribution < 1.29 is 14.3 Å². The van der Waals surface area contributed by atoms with Crippen molar-refractivity contribution >= 4 is 17.6 Å². The Morgan fingerprint density at radius 1 is 1.17 bits per heavy atom. The van der Waals surface area contributed by atoms with E-state index in [1.54, 1.807) is 17.2 Å². The molecule has 0 saturated carbocycles. The highest BCUT2D eigenvalue weighted by Gasteiger charge is 2.28. The maximum absolute atomic E-state index is 12.6. The fourth-order valence-electron chi connectivity index (χ4n) is 3.56. The summed E-state index contributed by atoms with van der Waals surface area (Å²) in [5.41, 5.74) is 3.29. The summed E-state index contributed by atoms with van der Waals surface area (Å²) in [6, 6.07) is 9.71. The lowest BCUT2D eigenvalue weighted by Gasteiger charge is -2.32. The van der Waals surface area contributed by atoms with Gasteiger partial charge in [0.15, 0.2) is 0 Å². The molecule has 1 saturated heterocycles. The van der Waals surface area contributed by atoms with Crippen LogP contribution < -0.4 is 10.1 Å². The second-order valence-corrected chi connectivity index (χ2v) is 7.76. The molecule has 0 unspecified atom stereocenters. The normalized spacial score (nSPS) is 16.4. The molecule has 0 spiro atoms. The molecule has 1 N–H and O–H groups in total. The Morgan fingerprint density at radius 3 is 2.69 bits per heavy atom. The van der Waals surface area contributed by atoms with Gasteiger partial charge in [-0.05, 0) is 56.9 Å². The molecule has 1 aliphatic heterocycles. The molecule has 6 nitrogen and oxygen atoms in total. The van der Waals surface area contributed by atoms with Crippen LogP contribution in [-0.4, -0.2) is 41.4 Å². The smallest absolute Gasteiger partial charge is 0.230 e. The van der Waals surface area contributed by atoms with E-state index in [9.17, 15) is 9.59 Å². The van der Waals surface area contributed by atoms with Crippen molar-refractivity contribution in [3.63, 3.8) is 0 Å². The Hall–Kier alpha value is -2.89. The van der Waals surface area contributed by atoms with Gasteiger partial charge in [0.2, 0.25) is 11.8 Å². The summed E-state index contributed by atoms with van der Waals surface area (Å²) in [4.78, 5) is 31.2. The molecule has 29 heavy (non-hydrogen) atoms. The number of benzene rings is 1. The van der Waals surface area contributed by atoms with Crippen LogP contribution in [0.5, 0.6) is 5.75 Å². The highest BCUT2D eigenvalue weighted by atomic mass is 16.5. The van der Waals surface area contributed by atoms with Crippen LogP contribution in [0.1, 0.15) is 36.0 Å². The predicted molar refractivity (Wildman–Crippen MR) is 113 cm³/mol. The summed E-state index contributed by atoms with van der Waals surface area (Å²) < 4.78 is 5.78. The lowest BCUT2D eigenvalue weighted by molar-refractivity contribution is -0.135. The number of anilines is 1. The van der Waals surface area contributed by atoms with Gasteiger partial charge < -0.3 is 15.0 Å². The number of hydrogen-bond donors (Lipinski definition) is 1. The number of piperidine rings is 1. The molecule has 6 heteroatoms. The van der Waals surface area contributed by atoms with Crippen LogP contribution in [0, 0.1) is 26.7 Å². The summed E-state index contributed by atoms with van der Waals surface area (Å²) in [5.74, 6) is 1.10. The molecular formula is C23H29N3O3. The molecule has 2 amide bonds. The summed E-state index contributed by atoms with van der Waals surface area (Å²) in [7, 11) is 0. The van der Waals surface area contributed by atoms with Crippen molar-refractivity contribution in [2.75, 3.05) is 25.0 Å². The summed E-state index contributed by atoms with van der Waals surface area (Å²) >= 11 is 0. The van der Waals surface area contributed by atoms with Crippen molar-refractivity contribution in [2.45, 2.75) is 40.0 Å². The molecule has 154 valence electrons. The molecule has 1 aromatic carbocycles. The standard InChI is InChI=1S/C23H29N3O3/c1-16-6-8-20(18(3)13-16)29-12-10-22(27)26-11-4-5-19(15-26)23(28)25-21-9-7-17(2)14-24-21/h6-9,13-14,19H,4-5,10-12,15H2,1-3H3,(H,24,25,28)/t19-/m0/s1. The van der Waals surface area contributed by atoms with Crippen molar-refractivity contribution in [1.82, 2.24) is 9.88 Å². The molecule has 1 atom stereocenters. The highest BCUT2D eigenvalue weighted by Crippen LogP contribution is 2.21. The number of nitrogens with zero attached hydrogens (tertiary/aromatic N) is 2. The fraction of sp³-hybridized carbons (Fsp3) is 0.435. The zero-order valence-electron chi connectivity index (χ0n) is 17.4. The van der Waals surface area contributed by atoms with E-state index in [0.717, 1.165) is 29.7 Å². The number of carbonyl (C=O) groups is 2. The number of amides is 2. The molecule has 2 heterocycles. The number of nitrogens with one attached hydrogen (secondary N) is 1. The minimum atomic E-state index is -0.212. The van der Waals surface area contributed by atoms with Crippen molar-refractivity contribution in [3.05, 3.63) is 53.2 Å². The molecule has 2 aromatic rings. The third kappa shape index (κ3) is 5.79. The van der Waals surface area contributed by atoms with Gasteiger partial charge in [0.1, 0.15) is 11.6 Å². The molecule has 1 fully saturated rings. The minimum Gasteiger partial charge on any atom is -0.493 e. The van der Waals surface area contributed by atoms with Crippen LogP contribution >= 0.6 is 0 Å². The van der Waals surface area contributed by atoms with Gasteiger partial charge in [-0.1, -0.05) is 23.8 Å². The number of aryl methyl sites for hydroxylation is 3. The van der Waals surface area contributed by atoms with E-state index in [0.29, 0.717) is 31.9 Å². The van der Waals surface area contributed by atoms with E-state index in [2.05, 4.69) is 16.4 Å². The van der Waals surface area contributed by atoms with Gasteiger partial charge >= 0.3 is 0 Å². The Bertz CT molecular complexity index is 864. The Kier molecular flexibility index (Phi) is 6.86. The number of aromatic nitrogens is 1. The Labute approximate surface area is 172 Å². The van der Waals surface area contributed by atoms with Gasteiger partial charge in [0, 0.05) is 19.3 Å². The Balaban J connectivity index is 1.48. The van der Waals surface area contributed by atoms with Gasteiger partial charge in [0.25, 0.3) is 0 Å². The van der Waals surface area contributed by atoms with E-state index in [-0.39, 0.29) is 17.7 Å². The zero-order valence-corrected chi connectivity index (χ0v) is 17.4. The largest absolute Gasteiger partial charge is 0.493 e. The van der Waals surface area contributed by atoms with Gasteiger partial charge in [-0.3, -0.25) is 9.59 Å². The van der Waals surface area contributed by atoms with E-state index in [1.807, 2.05) is 39.0 Å². The summed E-state index contributed by atoms with van der Waals surface area (Å²) in [5, 5.41) is 2.86. The monoisotopic (exact) mass is 395 g/mol. The topological polar surface area (TPSA) is 71.5 Å². The fourth-order valence-corrected chi connectivity index (χ4v) is 3.56. The summed E-state index contributed by atoms with van der Waals surface area (Å²) in [6.45, 7) is 7.46. The molecule has 1 aliphatic rings. The van der Waals surface area contributed by atoms with Crippen LogP contribution in [0.25, 0.3) is 0 Å². The van der Waals surface area contributed by atoms with Crippen LogP contribution in [-0.2, 0) is 9.59 Å². The Morgan fingerprint density at radius 2 is 1.97 bits per heavy atom. The molecular weight excluding hydrogens is 366 g/mol. The van der Waals surface area contributed by atoms with Crippen molar-refractivity contribution in [1.29, 1.82) is 0 Å². The molecule has 0 bridgehead atoms. The predicted octanol–water partition coefficient (Wildman–Crippen LogP) is 3.65. The van der Waals surface area contributed by atoms with Crippen LogP contribution in [0.2, 0.25) is 0 Å². The zero-order chi connectivity index (χ0) is 20.8. The van der Waals surface area contributed by atoms with Crippen molar-refractivity contribution in [2.24, 2.45) is 5.92 Å². The van der Waals surface area contributed by atoms with Crippen LogP contribution in [0.15, 0.2) is 36.5 Å². The van der Waals surface area contributed by atoms with Crippen LogP contribution in [0.3, 0.4) is 0 Å². The van der Waals surface area contributed by atoms with Crippen LogP contribution in [0.4, 0.5) is 5.82 Å². The van der Waals surface area contributed by atoms with E-state index in [4.69, 9.17) is 4.74 Å². The van der Waals surface area contributed by atoms with Gasteiger partial charge in [-0.15, -0.1) is 0 Å². The van der Waals surface area contributed by atoms with Gasteiger partial charge in [-0.25, -0.2) is 4.98 Å². The first-order valence-electron chi connectivity index (χ1n) is 10.1. The molecule has 0 radical (unpaired) electrons. The second-order valence-electron chi connectivity index (χ2n) is 7.76. The highest BCUT2D eigenvalue weighted by molar-refractivity contribution is 5.92. The number of pyridine rings is 1. The maximum atomic E-state index is 12.6. The number of carbonyl (C=O) groups excluding carboxylic acids is 2. The lowest BCUT2D eigenvalue weighted by atomic mass is 9.97. The minimum absolute atomic E-state index is 0.0284. The van der Waals surface area contributed by atoms with Gasteiger partial charge in [0.05, 0.1) is 18.9 Å². The maximum Gasteiger partial charge on any atom is 0.230 e. The van der Waals surface area contributed by atoms with E-state index >= 15 is 0 Å². The quantitative estimate of drug-likeness (QED) is 0.810. The third-order valence-corrected chi connectivity index (χ3v) is 5.21. The first-order valence-corrected chi connectivity index (χ1v) is 10.1. The van der Waals surface area contributed by atoms with E-state index in [1.165, 1.54) is 5.56 Å². The first kappa shape index (κ1) is 20.8. The second kappa shape index (κ2) is 9.54. The van der Waals surface area contributed by atoms with Gasteiger partial charge in [-0.2, -0.15) is 0 Å². The number of likely N-dealkylation sites (tertiary alicyclic amines) is 1. The first-order chi connectivity index (χ1) is 13.9. The number of rotatable bonds is 6. The summed E-state index contributed by atoms with van der Waals surface area (Å²) in [6.07, 6.45) is 3.63. The van der Waals surface area contributed by atoms with E-state index < -0.39 is 0 Å². The molecule has 3 rings (SSSR count). The lowest BCUT2D eigenvalue weighted by Crippen LogP contribution is -2.44. The number of ether oxygens (including phenoxy) is 1. The average Bonchev–Trinajstić information content (AvgIpc) is 2.71. The third-order valence-electron chi connectivity index (χ3n) is 5.21. The van der Waals surface area contributed by atoms with Crippen molar-refractivity contribution in [3.8, 4) is 5.75 Å². The number of hydrogen-bond acceptors (Lipinski definition) is 4. The molecule has 1 aromatic heterocycles. The average molecular weight is 396 g/mol. The SMILES string of the molecule is Cc1ccc(NC(=O)[C@H]2CCCN(C(=O)CCOc3ccc(C)cc3C)C2)nc1. The molecule has 0 aliphatic carbocycles.